The average molecular weight is 329 g/mol. The fraction of sp³-hybridized carbons (Fsp3) is 0.222. The van der Waals surface area contributed by atoms with Crippen LogP contribution in [0.3, 0.4) is 0 Å². The van der Waals surface area contributed by atoms with Crippen LogP contribution in [-0.4, -0.2) is 34.0 Å². The van der Waals surface area contributed by atoms with E-state index in [2.05, 4.69) is 4.98 Å². The van der Waals surface area contributed by atoms with Crippen LogP contribution in [0.1, 0.15) is 6.92 Å². The Labute approximate surface area is 138 Å². The predicted octanol–water partition coefficient (Wildman–Crippen LogP) is 3.46. The Morgan fingerprint density at radius 2 is 1.96 bits per heavy atom. The first kappa shape index (κ1) is 16.1. The van der Waals surface area contributed by atoms with Gasteiger partial charge in [0.25, 0.3) is 0 Å². The molecule has 0 radical (unpaired) electrons. The molecule has 0 fully saturated rings. The molecule has 0 aliphatic heterocycles. The molecule has 0 bridgehead atoms. The van der Waals surface area contributed by atoms with E-state index in [1.54, 1.807) is 28.9 Å². The fourth-order valence-corrected chi connectivity index (χ4v) is 2.48. The topological polar surface area (TPSA) is 38.1 Å². The number of pyridine rings is 1. The molecule has 0 N–H and O–H groups in total. The Morgan fingerprint density at radius 1 is 1.17 bits per heavy atom. The molecule has 6 heteroatoms. The van der Waals surface area contributed by atoms with Gasteiger partial charge in [-0.25, -0.2) is 8.78 Å². The second-order valence-electron chi connectivity index (χ2n) is 5.61. The SMILES string of the molecule is CCN(C)C(=O)Cn1ccc2ncc(-c3ccc(F)c(F)c3)cc21. The van der Waals surface area contributed by atoms with Crippen LogP contribution < -0.4 is 0 Å². The van der Waals surface area contributed by atoms with Crippen molar-refractivity contribution in [3.8, 4) is 11.1 Å². The summed E-state index contributed by atoms with van der Waals surface area (Å²) in [4.78, 5) is 18.1. The van der Waals surface area contributed by atoms with E-state index in [4.69, 9.17) is 0 Å². The quantitative estimate of drug-likeness (QED) is 0.735. The van der Waals surface area contributed by atoms with Gasteiger partial charge in [0.15, 0.2) is 11.6 Å². The van der Waals surface area contributed by atoms with Gasteiger partial charge in [0.2, 0.25) is 5.91 Å². The van der Waals surface area contributed by atoms with Crippen molar-refractivity contribution in [2.75, 3.05) is 13.6 Å². The van der Waals surface area contributed by atoms with Gasteiger partial charge in [-0.3, -0.25) is 9.78 Å². The van der Waals surface area contributed by atoms with Crippen molar-refractivity contribution in [1.82, 2.24) is 14.5 Å². The Morgan fingerprint density at radius 3 is 2.67 bits per heavy atom. The Hall–Kier alpha value is -2.76. The van der Waals surface area contributed by atoms with Gasteiger partial charge in [-0.15, -0.1) is 0 Å². The van der Waals surface area contributed by atoms with E-state index in [0.29, 0.717) is 17.7 Å². The Bertz CT molecular complexity index is 904. The number of hydrogen-bond donors (Lipinski definition) is 0. The van der Waals surface area contributed by atoms with Crippen molar-refractivity contribution in [2.24, 2.45) is 0 Å². The average Bonchev–Trinajstić information content (AvgIpc) is 2.98. The molecule has 2 aromatic heterocycles. The van der Waals surface area contributed by atoms with Crippen LogP contribution in [0.2, 0.25) is 0 Å². The largest absolute Gasteiger partial charge is 0.344 e. The molecule has 4 nitrogen and oxygen atoms in total. The van der Waals surface area contributed by atoms with E-state index in [1.807, 2.05) is 19.1 Å². The molecule has 1 amide bonds. The van der Waals surface area contributed by atoms with Crippen molar-refractivity contribution < 1.29 is 13.6 Å². The van der Waals surface area contributed by atoms with E-state index in [-0.39, 0.29) is 12.5 Å². The van der Waals surface area contributed by atoms with Crippen LogP contribution in [-0.2, 0) is 11.3 Å². The number of likely N-dealkylation sites (N-methyl/N-ethyl adjacent to an activating group) is 1. The summed E-state index contributed by atoms with van der Waals surface area (Å²) in [7, 11) is 1.75. The molecule has 0 atom stereocenters. The monoisotopic (exact) mass is 329 g/mol. The molecule has 24 heavy (non-hydrogen) atoms. The lowest BCUT2D eigenvalue weighted by Gasteiger charge is -2.15. The van der Waals surface area contributed by atoms with Crippen molar-refractivity contribution in [3.05, 3.63) is 54.4 Å². The summed E-state index contributed by atoms with van der Waals surface area (Å²) in [5.41, 5.74) is 2.72. The minimum atomic E-state index is -0.900. The van der Waals surface area contributed by atoms with E-state index in [1.165, 1.54) is 6.07 Å². The fourth-order valence-electron chi connectivity index (χ4n) is 2.48. The lowest BCUT2D eigenvalue weighted by Crippen LogP contribution is -2.29. The standard InChI is InChI=1S/C18H17F2N3O/c1-3-22(2)18(24)11-23-7-6-16-17(23)9-13(10-21-16)12-4-5-14(19)15(20)8-12/h4-10H,3,11H2,1-2H3. The normalized spacial score (nSPS) is 11.0. The molecule has 0 saturated carbocycles. The molecule has 2 heterocycles. The number of fused-ring (bicyclic) bond motifs is 1. The second kappa shape index (κ2) is 6.39. The highest BCUT2D eigenvalue weighted by molar-refractivity contribution is 5.84. The van der Waals surface area contributed by atoms with Crippen molar-refractivity contribution in [3.63, 3.8) is 0 Å². The van der Waals surface area contributed by atoms with Gasteiger partial charge in [-0.1, -0.05) is 6.07 Å². The number of carbonyl (C=O) groups excluding carboxylic acids is 1. The third kappa shape index (κ3) is 2.99. The van der Waals surface area contributed by atoms with Gasteiger partial charge in [-0.05, 0) is 36.8 Å². The summed E-state index contributed by atoms with van der Waals surface area (Å²) in [6, 6.07) is 7.39. The predicted molar refractivity (Wildman–Crippen MR) is 88.4 cm³/mol. The minimum Gasteiger partial charge on any atom is -0.344 e. The van der Waals surface area contributed by atoms with E-state index >= 15 is 0 Å². The lowest BCUT2D eigenvalue weighted by molar-refractivity contribution is -0.130. The lowest BCUT2D eigenvalue weighted by atomic mass is 10.1. The maximum Gasteiger partial charge on any atom is 0.242 e. The van der Waals surface area contributed by atoms with E-state index < -0.39 is 11.6 Å². The van der Waals surface area contributed by atoms with Gasteiger partial charge >= 0.3 is 0 Å². The van der Waals surface area contributed by atoms with Crippen LogP contribution in [0, 0.1) is 11.6 Å². The number of amides is 1. The number of benzene rings is 1. The summed E-state index contributed by atoms with van der Waals surface area (Å²) in [6.45, 7) is 2.75. The summed E-state index contributed by atoms with van der Waals surface area (Å²) < 4.78 is 28.4. The molecule has 0 unspecified atom stereocenters. The van der Waals surface area contributed by atoms with Crippen molar-refractivity contribution in [2.45, 2.75) is 13.5 Å². The van der Waals surface area contributed by atoms with Gasteiger partial charge in [0, 0.05) is 31.5 Å². The van der Waals surface area contributed by atoms with Crippen molar-refractivity contribution >= 4 is 16.9 Å². The van der Waals surface area contributed by atoms with E-state index in [9.17, 15) is 13.6 Å². The molecule has 1 aromatic carbocycles. The first-order valence-electron chi connectivity index (χ1n) is 7.64. The molecule has 3 rings (SSSR count). The molecule has 0 spiro atoms. The van der Waals surface area contributed by atoms with Crippen LogP contribution in [0.15, 0.2) is 42.7 Å². The Kier molecular flexibility index (Phi) is 4.29. The van der Waals surface area contributed by atoms with Gasteiger partial charge < -0.3 is 9.47 Å². The summed E-state index contributed by atoms with van der Waals surface area (Å²) in [5, 5.41) is 0. The number of carbonyl (C=O) groups is 1. The van der Waals surface area contributed by atoms with Gasteiger partial charge in [0.1, 0.15) is 6.54 Å². The maximum absolute atomic E-state index is 13.4. The van der Waals surface area contributed by atoms with Gasteiger partial charge in [-0.2, -0.15) is 0 Å². The summed E-state index contributed by atoms with van der Waals surface area (Å²) in [5.74, 6) is -1.79. The van der Waals surface area contributed by atoms with Crippen LogP contribution in [0.4, 0.5) is 8.78 Å². The summed E-state index contributed by atoms with van der Waals surface area (Å²) >= 11 is 0. The summed E-state index contributed by atoms with van der Waals surface area (Å²) in [6.07, 6.45) is 3.41. The number of rotatable bonds is 4. The molecule has 0 saturated heterocycles. The highest BCUT2D eigenvalue weighted by atomic mass is 19.2. The zero-order valence-electron chi connectivity index (χ0n) is 13.5. The number of nitrogens with zero attached hydrogens (tertiary/aromatic N) is 3. The maximum atomic E-state index is 13.4. The zero-order chi connectivity index (χ0) is 17.3. The molecular formula is C18H17F2N3O. The second-order valence-corrected chi connectivity index (χ2v) is 5.61. The molecule has 0 aliphatic carbocycles. The molecular weight excluding hydrogens is 312 g/mol. The van der Waals surface area contributed by atoms with Crippen molar-refractivity contribution in [1.29, 1.82) is 0 Å². The van der Waals surface area contributed by atoms with Crippen LogP contribution >= 0.6 is 0 Å². The number of halogens is 2. The number of hydrogen-bond acceptors (Lipinski definition) is 2. The smallest absolute Gasteiger partial charge is 0.242 e. The highest BCUT2D eigenvalue weighted by Gasteiger charge is 2.12. The third-order valence-electron chi connectivity index (χ3n) is 4.08. The van der Waals surface area contributed by atoms with Crippen LogP contribution in [0.5, 0.6) is 0 Å². The zero-order valence-corrected chi connectivity index (χ0v) is 13.5. The molecule has 0 aliphatic rings. The minimum absolute atomic E-state index is 0.00627. The molecule has 124 valence electrons. The van der Waals surface area contributed by atoms with Gasteiger partial charge in [0.05, 0.1) is 11.0 Å². The highest BCUT2D eigenvalue weighted by Crippen LogP contribution is 2.25. The third-order valence-corrected chi connectivity index (χ3v) is 4.08. The number of aromatic nitrogens is 2. The molecule has 3 aromatic rings. The van der Waals surface area contributed by atoms with Crippen LogP contribution in [0.25, 0.3) is 22.2 Å². The first-order valence-corrected chi connectivity index (χ1v) is 7.64. The van der Waals surface area contributed by atoms with E-state index in [0.717, 1.165) is 23.2 Å². The Balaban J connectivity index is 1.99. The first-order chi connectivity index (χ1) is 11.5.